The first-order chi connectivity index (χ1) is 19.8. The van der Waals surface area contributed by atoms with E-state index in [2.05, 4.69) is 5.32 Å². The molecule has 3 aromatic rings. The standard InChI is InChI=1S/C32H41N3O5S/c1-4-7-23-33-32(37)30(5-2)34(24-22-26-14-10-8-11-15-26)31(36)25-35(27-16-12-9-13-17-27)41(38,39)29-20-18-28(19-21-29)40-6-3/h8-21,30H,4-7,22-25H2,1-3H3,(H,33,37)/t30-/m1/s1. The molecule has 3 aromatic carbocycles. The van der Waals surface area contributed by atoms with E-state index in [1.165, 1.54) is 17.0 Å². The second kappa shape index (κ2) is 15.8. The van der Waals surface area contributed by atoms with Gasteiger partial charge in [-0.15, -0.1) is 0 Å². The molecule has 3 rings (SSSR count). The second-order valence-electron chi connectivity index (χ2n) is 9.64. The highest BCUT2D eigenvalue weighted by Gasteiger charge is 2.33. The Kier molecular flexibility index (Phi) is 12.2. The number of anilines is 1. The van der Waals surface area contributed by atoms with Crippen LogP contribution in [-0.4, -0.2) is 57.4 Å². The summed E-state index contributed by atoms with van der Waals surface area (Å²) in [5.74, 6) is -0.125. The maximum atomic E-state index is 14.0. The van der Waals surface area contributed by atoms with E-state index < -0.39 is 28.5 Å². The van der Waals surface area contributed by atoms with E-state index in [0.29, 0.717) is 37.4 Å². The summed E-state index contributed by atoms with van der Waals surface area (Å²) in [6.07, 6.45) is 2.70. The zero-order valence-corrected chi connectivity index (χ0v) is 25.0. The number of hydrogen-bond donors (Lipinski definition) is 1. The van der Waals surface area contributed by atoms with Crippen LogP contribution >= 0.6 is 0 Å². The molecular weight excluding hydrogens is 538 g/mol. The molecule has 220 valence electrons. The van der Waals surface area contributed by atoms with Crippen LogP contribution in [0.4, 0.5) is 5.69 Å². The summed E-state index contributed by atoms with van der Waals surface area (Å²) in [6.45, 7) is 6.56. The Balaban J connectivity index is 1.95. The van der Waals surface area contributed by atoms with Crippen molar-refractivity contribution in [3.8, 4) is 5.75 Å². The summed E-state index contributed by atoms with van der Waals surface area (Å²) in [5, 5.41) is 2.95. The van der Waals surface area contributed by atoms with Gasteiger partial charge in [-0.1, -0.05) is 68.8 Å². The van der Waals surface area contributed by atoms with E-state index in [4.69, 9.17) is 4.74 Å². The van der Waals surface area contributed by atoms with Gasteiger partial charge in [-0.3, -0.25) is 13.9 Å². The van der Waals surface area contributed by atoms with Gasteiger partial charge in [-0.25, -0.2) is 8.42 Å². The van der Waals surface area contributed by atoms with Crippen LogP contribution in [0.3, 0.4) is 0 Å². The van der Waals surface area contributed by atoms with Gasteiger partial charge in [0, 0.05) is 13.1 Å². The molecule has 0 aliphatic heterocycles. The molecule has 0 spiro atoms. The Bertz CT molecular complexity index is 1330. The van der Waals surface area contributed by atoms with Gasteiger partial charge in [0.05, 0.1) is 17.2 Å². The predicted molar refractivity (Wildman–Crippen MR) is 162 cm³/mol. The average Bonchev–Trinajstić information content (AvgIpc) is 2.99. The minimum atomic E-state index is -4.12. The van der Waals surface area contributed by atoms with Crippen molar-refractivity contribution in [1.29, 1.82) is 0 Å². The summed E-state index contributed by atoms with van der Waals surface area (Å²) in [6, 6.07) is 23.7. The lowest BCUT2D eigenvalue weighted by atomic mass is 10.1. The average molecular weight is 580 g/mol. The lowest BCUT2D eigenvalue weighted by molar-refractivity contribution is -0.139. The molecule has 0 saturated heterocycles. The highest BCUT2D eigenvalue weighted by atomic mass is 32.2. The fraction of sp³-hybridized carbons (Fsp3) is 0.375. The normalized spacial score (nSPS) is 11.9. The fourth-order valence-corrected chi connectivity index (χ4v) is 5.94. The number of carbonyl (C=O) groups is 2. The van der Waals surface area contributed by atoms with E-state index in [9.17, 15) is 18.0 Å². The first-order valence-electron chi connectivity index (χ1n) is 14.2. The largest absolute Gasteiger partial charge is 0.494 e. The van der Waals surface area contributed by atoms with Gasteiger partial charge in [0.25, 0.3) is 10.0 Å². The van der Waals surface area contributed by atoms with Crippen molar-refractivity contribution >= 4 is 27.5 Å². The highest BCUT2D eigenvalue weighted by Crippen LogP contribution is 2.26. The second-order valence-corrected chi connectivity index (χ2v) is 11.5. The van der Waals surface area contributed by atoms with Crippen LogP contribution in [0.25, 0.3) is 0 Å². The zero-order chi connectivity index (χ0) is 29.7. The number of carbonyl (C=O) groups excluding carboxylic acids is 2. The van der Waals surface area contributed by atoms with Gasteiger partial charge in [-0.2, -0.15) is 0 Å². The van der Waals surface area contributed by atoms with Crippen LogP contribution in [0.2, 0.25) is 0 Å². The third-order valence-corrected chi connectivity index (χ3v) is 8.53. The molecule has 41 heavy (non-hydrogen) atoms. The van der Waals surface area contributed by atoms with E-state index >= 15 is 0 Å². The van der Waals surface area contributed by atoms with Crippen LogP contribution in [0, 0.1) is 0 Å². The van der Waals surface area contributed by atoms with E-state index in [0.717, 1.165) is 22.7 Å². The van der Waals surface area contributed by atoms with Gasteiger partial charge >= 0.3 is 0 Å². The summed E-state index contributed by atoms with van der Waals surface area (Å²) >= 11 is 0. The minimum absolute atomic E-state index is 0.0396. The Morgan fingerprint density at radius 2 is 1.51 bits per heavy atom. The third-order valence-electron chi connectivity index (χ3n) is 6.75. The van der Waals surface area contributed by atoms with E-state index in [1.54, 1.807) is 42.5 Å². The number of para-hydroxylation sites is 1. The highest BCUT2D eigenvalue weighted by molar-refractivity contribution is 7.92. The molecular formula is C32H41N3O5S. The Hall–Kier alpha value is -3.85. The number of unbranched alkanes of at least 4 members (excludes halogenated alkanes) is 1. The molecule has 0 radical (unpaired) electrons. The van der Waals surface area contributed by atoms with Gasteiger partial charge in [0.2, 0.25) is 11.8 Å². The van der Waals surface area contributed by atoms with Gasteiger partial charge in [-0.05, 0) is 68.1 Å². The Morgan fingerprint density at radius 3 is 2.10 bits per heavy atom. The maximum absolute atomic E-state index is 14.0. The number of nitrogens with zero attached hydrogens (tertiary/aromatic N) is 2. The number of sulfonamides is 1. The quantitative estimate of drug-likeness (QED) is 0.240. The van der Waals surface area contributed by atoms with Crippen LogP contribution < -0.4 is 14.4 Å². The molecule has 0 fully saturated rings. The van der Waals surface area contributed by atoms with Crippen LogP contribution in [-0.2, 0) is 26.0 Å². The molecule has 1 N–H and O–H groups in total. The van der Waals surface area contributed by atoms with Crippen molar-refractivity contribution in [3.05, 3.63) is 90.5 Å². The van der Waals surface area contributed by atoms with Crippen molar-refractivity contribution < 1.29 is 22.7 Å². The van der Waals surface area contributed by atoms with Crippen LogP contribution in [0.5, 0.6) is 5.75 Å². The summed E-state index contributed by atoms with van der Waals surface area (Å²) < 4.78 is 34.4. The molecule has 0 aliphatic carbocycles. The molecule has 8 nitrogen and oxygen atoms in total. The minimum Gasteiger partial charge on any atom is -0.494 e. The molecule has 0 saturated carbocycles. The molecule has 2 amide bonds. The molecule has 9 heteroatoms. The van der Waals surface area contributed by atoms with Crippen LogP contribution in [0.1, 0.15) is 45.6 Å². The maximum Gasteiger partial charge on any atom is 0.264 e. The van der Waals surface area contributed by atoms with Crippen molar-refractivity contribution in [2.75, 3.05) is 30.5 Å². The van der Waals surface area contributed by atoms with Crippen molar-refractivity contribution in [3.63, 3.8) is 0 Å². The first kappa shape index (κ1) is 31.7. The molecule has 0 aromatic heterocycles. The number of rotatable bonds is 16. The summed E-state index contributed by atoms with van der Waals surface area (Å²) in [4.78, 5) is 28.8. The van der Waals surface area contributed by atoms with Crippen molar-refractivity contribution in [1.82, 2.24) is 10.2 Å². The first-order valence-corrected chi connectivity index (χ1v) is 15.7. The van der Waals surface area contributed by atoms with Gasteiger partial charge in [0.15, 0.2) is 0 Å². The summed E-state index contributed by atoms with van der Waals surface area (Å²) in [5.41, 5.74) is 1.38. The molecule has 0 aliphatic rings. The zero-order valence-electron chi connectivity index (χ0n) is 24.2. The smallest absolute Gasteiger partial charge is 0.264 e. The number of hydrogen-bond acceptors (Lipinski definition) is 5. The van der Waals surface area contributed by atoms with E-state index in [1.807, 2.05) is 51.1 Å². The summed E-state index contributed by atoms with van der Waals surface area (Å²) in [7, 11) is -4.12. The lowest BCUT2D eigenvalue weighted by Crippen LogP contribution is -2.53. The van der Waals surface area contributed by atoms with Gasteiger partial charge in [0.1, 0.15) is 18.3 Å². The number of ether oxygens (including phenoxy) is 1. The molecule has 0 heterocycles. The lowest BCUT2D eigenvalue weighted by Gasteiger charge is -2.33. The third kappa shape index (κ3) is 8.82. The number of amides is 2. The van der Waals surface area contributed by atoms with Crippen molar-refractivity contribution in [2.45, 2.75) is 57.4 Å². The Morgan fingerprint density at radius 1 is 0.878 bits per heavy atom. The monoisotopic (exact) mass is 579 g/mol. The van der Waals surface area contributed by atoms with Crippen LogP contribution in [0.15, 0.2) is 89.8 Å². The molecule has 0 bridgehead atoms. The van der Waals surface area contributed by atoms with Gasteiger partial charge < -0.3 is 15.0 Å². The SMILES string of the molecule is CCCCNC(=O)[C@@H](CC)N(CCc1ccccc1)C(=O)CN(c1ccccc1)S(=O)(=O)c1ccc(OCC)cc1. The van der Waals surface area contributed by atoms with E-state index in [-0.39, 0.29) is 17.3 Å². The Labute approximate surface area is 244 Å². The van der Waals surface area contributed by atoms with Crippen molar-refractivity contribution in [2.24, 2.45) is 0 Å². The number of benzene rings is 3. The number of nitrogens with one attached hydrogen (secondary N) is 1. The fourth-order valence-electron chi connectivity index (χ4n) is 4.53. The topological polar surface area (TPSA) is 96.0 Å². The molecule has 0 unspecified atom stereocenters. The molecule has 1 atom stereocenters. The predicted octanol–water partition coefficient (Wildman–Crippen LogP) is 5.05.